The molecule has 3 nitrogen and oxygen atoms in total. The normalized spacial score (nSPS) is 31.9. The van der Waals surface area contributed by atoms with Crippen LogP contribution < -0.4 is 0 Å². The summed E-state index contributed by atoms with van der Waals surface area (Å²) in [4.78, 5) is 27.3. The van der Waals surface area contributed by atoms with E-state index in [9.17, 15) is 9.59 Å². The third kappa shape index (κ3) is 2.09. The monoisotopic (exact) mass is 309 g/mol. The van der Waals surface area contributed by atoms with Crippen LogP contribution in [0.4, 0.5) is 0 Å². The molecule has 0 N–H and O–H groups in total. The van der Waals surface area contributed by atoms with Gasteiger partial charge in [-0.15, -0.1) is 0 Å². The molecule has 0 radical (unpaired) electrons. The van der Waals surface area contributed by atoms with E-state index in [4.69, 9.17) is 0 Å². The van der Waals surface area contributed by atoms with Gasteiger partial charge in [0, 0.05) is 6.54 Å². The molecule has 1 aliphatic heterocycles. The topological polar surface area (TPSA) is 37.4 Å². The van der Waals surface area contributed by atoms with Crippen molar-refractivity contribution in [1.29, 1.82) is 0 Å². The minimum Gasteiger partial charge on any atom is -0.282 e. The number of fused-ring (bicyclic) bond motifs is 5. The molecule has 1 saturated heterocycles. The number of carbonyl (C=O) groups excluding carboxylic acids is 2. The maximum atomic E-state index is 12.9. The van der Waals surface area contributed by atoms with Gasteiger partial charge in [0.25, 0.3) is 0 Å². The molecule has 1 aromatic rings. The van der Waals surface area contributed by atoms with Gasteiger partial charge >= 0.3 is 0 Å². The van der Waals surface area contributed by atoms with Crippen LogP contribution in [0.15, 0.2) is 41.5 Å². The van der Waals surface area contributed by atoms with Gasteiger partial charge in [-0.1, -0.05) is 41.5 Å². The number of allylic oxidation sites excluding steroid dienone is 2. The van der Waals surface area contributed by atoms with Crippen molar-refractivity contribution in [3.63, 3.8) is 0 Å². The molecule has 3 aliphatic rings. The molecule has 1 heterocycles. The van der Waals surface area contributed by atoms with E-state index >= 15 is 0 Å². The van der Waals surface area contributed by atoms with Crippen LogP contribution in [0.5, 0.6) is 0 Å². The first-order valence-electron chi connectivity index (χ1n) is 8.66. The molecule has 4 rings (SSSR count). The van der Waals surface area contributed by atoms with Crippen LogP contribution in [-0.4, -0.2) is 23.3 Å². The molecular formula is C20H23NO2. The lowest BCUT2D eigenvalue weighted by atomic mass is 9.81. The number of nitrogens with zero attached hydrogens (tertiary/aromatic N) is 1. The van der Waals surface area contributed by atoms with Crippen LogP contribution >= 0.6 is 0 Å². The molecule has 0 spiro atoms. The van der Waals surface area contributed by atoms with Crippen molar-refractivity contribution in [2.75, 3.05) is 6.54 Å². The van der Waals surface area contributed by atoms with E-state index < -0.39 is 0 Å². The van der Waals surface area contributed by atoms with E-state index in [1.807, 2.05) is 18.2 Å². The van der Waals surface area contributed by atoms with Crippen LogP contribution in [0.1, 0.15) is 32.3 Å². The van der Waals surface area contributed by atoms with Crippen molar-refractivity contribution >= 4 is 11.8 Å². The van der Waals surface area contributed by atoms with Gasteiger partial charge < -0.3 is 0 Å². The molecule has 1 aromatic carbocycles. The molecule has 2 aliphatic carbocycles. The second-order valence-corrected chi connectivity index (χ2v) is 7.36. The SMILES string of the molecule is CC(C)=C1[C@H]2CC[C@H]1[C@@H]1C(=O)N(CCc3ccccc3)C(=O)[C@H]12. The van der Waals surface area contributed by atoms with Gasteiger partial charge in [-0.25, -0.2) is 0 Å². The van der Waals surface area contributed by atoms with Crippen molar-refractivity contribution in [3.8, 4) is 0 Å². The van der Waals surface area contributed by atoms with E-state index in [0.717, 1.165) is 19.3 Å². The first-order chi connectivity index (χ1) is 11.1. The Bertz CT molecular complexity index is 655. The Labute approximate surface area is 137 Å². The lowest BCUT2D eigenvalue weighted by molar-refractivity contribution is -0.140. The standard InChI is InChI=1S/C20H23NO2/c1-12(2)16-14-8-9-15(16)18-17(14)19(22)21(20(18)23)11-10-13-6-4-3-5-7-13/h3-7,14-15,17-18H,8-11H2,1-2H3/t14-,15-,17+,18+/m1/s1. The van der Waals surface area contributed by atoms with Gasteiger partial charge in [-0.05, 0) is 50.5 Å². The summed E-state index contributed by atoms with van der Waals surface area (Å²) < 4.78 is 0. The molecular weight excluding hydrogens is 286 g/mol. The van der Waals surface area contributed by atoms with Crippen LogP contribution in [0, 0.1) is 23.7 Å². The van der Waals surface area contributed by atoms with E-state index in [-0.39, 0.29) is 23.7 Å². The van der Waals surface area contributed by atoms with Crippen molar-refractivity contribution < 1.29 is 9.59 Å². The number of benzene rings is 1. The fraction of sp³-hybridized carbons (Fsp3) is 0.500. The lowest BCUT2D eigenvalue weighted by Crippen LogP contribution is -2.34. The number of hydrogen-bond acceptors (Lipinski definition) is 2. The van der Waals surface area contributed by atoms with Crippen molar-refractivity contribution in [2.45, 2.75) is 33.1 Å². The minimum atomic E-state index is -0.0677. The number of likely N-dealkylation sites (tertiary alicyclic amines) is 1. The summed E-state index contributed by atoms with van der Waals surface area (Å²) in [6, 6.07) is 10.1. The van der Waals surface area contributed by atoms with Gasteiger partial charge in [-0.3, -0.25) is 14.5 Å². The van der Waals surface area contributed by atoms with Gasteiger partial charge in [0.05, 0.1) is 11.8 Å². The summed E-state index contributed by atoms with van der Waals surface area (Å²) in [5.74, 6) is 0.689. The van der Waals surface area contributed by atoms with E-state index in [2.05, 4.69) is 26.0 Å². The van der Waals surface area contributed by atoms with Crippen molar-refractivity contribution in [3.05, 3.63) is 47.0 Å². The number of amides is 2. The highest BCUT2D eigenvalue weighted by Crippen LogP contribution is 2.60. The first-order valence-corrected chi connectivity index (χ1v) is 8.66. The highest BCUT2D eigenvalue weighted by Gasteiger charge is 2.63. The molecule has 3 fully saturated rings. The predicted molar refractivity (Wildman–Crippen MR) is 88.4 cm³/mol. The number of hydrogen-bond donors (Lipinski definition) is 0. The van der Waals surface area contributed by atoms with E-state index in [1.54, 1.807) is 4.90 Å². The lowest BCUT2D eigenvalue weighted by Gasteiger charge is -2.19. The van der Waals surface area contributed by atoms with E-state index in [0.29, 0.717) is 18.4 Å². The summed E-state index contributed by atoms with van der Waals surface area (Å²) in [5.41, 5.74) is 3.92. The van der Waals surface area contributed by atoms with Gasteiger partial charge in [0.15, 0.2) is 0 Å². The summed E-state index contributed by atoms with van der Waals surface area (Å²) in [6.07, 6.45) is 2.92. The predicted octanol–water partition coefficient (Wildman–Crippen LogP) is 3.21. The Morgan fingerprint density at radius 3 is 2.09 bits per heavy atom. The van der Waals surface area contributed by atoms with E-state index in [1.165, 1.54) is 16.7 Å². The second-order valence-electron chi connectivity index (χ2n) is 7.36. The third-order valence-corrected chi connectivity index (χ3v) is 5.99. The Morgan fingerprint density at radius 1 is 1.00 bits per heavy atom. The van der Waals surface area contributed by atoms with Crippen molar-refractivity contribution in [2.24, 2.45) is 23.7 Å². The average molecular weight is 309 g/mol. The second kappa shape index (κ2) is 5.33. The Morgan fingerprint density at radius 2 is 1.57 bits per heavy atom. The Kier molecular flexibility index (Phi) is 3.40. The molecule has 4 atom stereocenters. The molecule has 23 heavy (non-hydrogen) atoms. The zero-order chi connectivity index (χ0) is 16.1. The number of rotatable bonds is 3. The average Bonchev–Trinajstić information content (AvgIpc) is 3.18. The summed E-state index contributed by atoms with van der Waals surface area (Å²) in [7, 11) is 0. The maximum Gasteiger partial charge on any atom is 0.233 e. The number of carbonyl (C=O) groups is 2. The summed E-state index contributed by atoms with van der Waals surface area (Å²) >= 11 is 0. The summed E-state index contributed by atoms with van der Waals surface area (Å²) in [5, 5.41) is 0. The fourth-order valence-electron chi connectivity index (χ4n) is 5.16. The molecule has 0 aromatic heterocycles. The minimum absolute atomic E-state index is 0.0677. The zero-order valence-corrected chi connectivity index (χ0v) is 13.8. The summed E-state index contributed by atoms with van der Waals surface area (Å²) in [6.45, 7) is 4.78. The van der Waals surface area contributed by atoms with Crippen molar-refractivity contribution in [1.82, 2.24) is 4.90 Å². The molecule has 0 unspecified atom stereocenters. The van der Waals surface area contributed by atoms with Gasteiger partial charge in [-0.2, -0.15) is 0 Å². The van der Waals surface area contributed by atoms with Gasteiger partial charge in [0.2, 0.25) is 11.8 Å². The number of imide groups is 1. The third-order valence-electron chi connectivity index (χ3n) is 5.99. The highest BCUT2D eigenvalue weighted by molar-refractivity contribution is 6.06. The fourth-order valence-corrected chi connectivity index (χ4v) is 5.16. The van der Waals surface area contributed by atoms with Crippen LogP contribution in [0.3, 0.4) is 0 Å². The molecule has 2 amide bonds. The van der Waals surface area contributed by atoms with Crippen LogP contribution in [-0.2, 0) is 16.0 Å². The largest absolute Gasteiger partial charge is 0.282 e. The maximum absolute atomic E-state index is 12.9. The zero-order valence-electron chi connectivity index (χ0n) is 13.8. The molecule has 2 bridgehead atoms. The molecule has 2 saturated carbocycles. The molecule has 120 valence electrons. The molecule has 3 heteroatoms. The Hall–Kier alpha value is -1.90. The Balaban J connectivity index is 1.55. The van der Waals surface area contributed by atoms with Gasteiger partial charge in [0.1, 0.15) is 0 Å². The highest BCUT2D eigenvalue weighted by atomic mass is 16.2. The van der Waals surface area contributed by atoms with Crippen LogP contribution in [0.25, 0.3) is 0 Å². The first kappa shape index (κ1) is 14.7. The quantitative estimate of drug-likeness (QED) is 0.635. The van der Waals surface area contributed by atoms with Crippen LogP contribution in [0.2, 0.25) is 0 Å². The smallest absolute Gasteiger partial charge is 0.233 e.